The van der Waals surface area contributed by atoms with Gasteiger partial charge in [0.15, 0.2) is 6.61 Å². The van der Waals surface area contributed by atoms with Crippen molar-refractivity contribution in [3.05, 3.63) is 56.5 Å². The Hall–Kier alpha value is -1.86. The molecule has 2 rings (SSSR count). The monoisotopic (exact) mass is 440 g/mol. The minimum absolute atomic E-state index is 0.160. The normalized spacial score (nSPS) is 10.7. The molecule has 7 heteroatoms. The average molecular weight is 442 g/mol. The third kappa shape index (κ3) is 5.37. The van der Waals surface area contributed by atoms with Crippen LogP contribution in [0.5, 0.6) is 11.5 Å². The molecule has 0 aliphatic heterocycles. The quantitative estimate of drug-likeness (QED) is 0.548. The number of hydrazone groups is 1. The number of ether oxygens (including phenoxy) is 1. The van der Waals surface area contributed by atoms with Crippen molar-refractivity contribution in [2.75, 3.05) is 6.61 Å². The van der Waals surface area contributed by atoms with Gasteiger partial charge in [-0.15, -0.1) is 0 Å². The molecule has 0 heterocycles. The van der Waals surface area contributed by atoms with E-state index in [2.05, 4.69) is 42.4 Å². The number of nitrogens with zero attached hydrogens (tertiary/aromatic N) is 1. The fraction of sp³-hybridized carbons (Fsp3) is 0.125. The van der Waals surface area contributed by atoms with Gasteiger partial charge in [-0.3, -0.25) is 4.79 Å². The van der Waals surface area contributed by atoms with Crippen LogP contribution < -0.4 is 10.2 Å². The Balaban J connectivity index is 1.87. The number of rotatable bonds is 5. The standard InChI is InChI=1S/C16H14Br2N2O3/c1-10-6-13(17)16(14(18)7-10)23-9-15(22)20-19-8-11-2-4-12(21)5-3-11/h2-8,21H,9H2,1H3,(H,20,22)/b19-8-. The lowest BCUT2D eigenvalue weighted by Gasteiger charge is -2.10. The molecular formula is C16H14Br2N2O3. The van der Waals surface area contributed by atoms with E-state index in [4.69, 9.17) is 4.74 Å². The number of carbonyl (C=O) groups excluding carboxylic acids is 1. The maximum Gasteiger partial charge on any atom is 0.277 e. The van der Waals surface area contributed by atoms with Gasteiger partial charge in [0, 0.05) is 0 Å². The Morgan fingerprint density at radius 3 is 2.48 bits per heavy atom. The van der Waals surface area contributed by atoms with Crippen molar-refractivity contribution in [3.63, 3.8) is 0 Å². The predicted molar refractivity (Wildman–Crippen MR) is 95.9 cm³/mol. The van der Waals surface area contributed by atoms with E-state index < -0.39 is 0 Å². The van der Waals surface area contributed by atoms with Gasteiger partial charge in [-0.05, 0) is 86.3 Å². The maximum atomic E-state index is 11.7. The second kappa shape index (κ2) is 8.12. The molecule has 0 radical (unpaired) electrons. The maximum absolute atomic E-state index is 11.7. The van der Waals surface area contributed by atoms with E-state index in [0.717, 1.165) is 20.1 Å². The number of amides is 1. The number of phenolic OH excluding ortho intramolecular Hbond substituents is 1. The van der Waals surface area contributed by atoms with Gasteiger partial charge in [-0.2, -0.15) is 5.10 Å². The van der Waals surface area contributed by atoms with Crippen LogP contribution in [0.4, 0.5) is 0 Å². The van der Waals surface area contributed by atoms with E-state index in [1.165, 1.54) is 6.21 Å². The molecule has 0 fully saturated rings. The average Bonchev–Trinajstić information content (AvgIpc) is 2.48. The molecule has 0 saturated carbocycles. The Morgan fingerprint density at radius 1 is 1.26 bits per heavy atom. The van der Waals surface area contributed by atoms with Crippen LogP contribution in [0.2, 0.25) is 0 Å². The molecule has 0 spiro atoms. The van der Waals surface area contributed by atoms with Crippen LogP contribution in [-0.4, -0.2) is 23.8 Å². The molecule has 0 unspecified atom stereocenters. The molecule has 0 aromatic heterocycles. The number of hydrogen-bond acceptors (Lipinski definition) is 4. The highest BCUT2D eigenvalue weighted by atomic mass is 79.9. The SMILES string of the molecule is Cc1cc(Br)c(OCC(=O)N/N=C\c2ccc(O)cc2)c(Br)c1. The molecule has 120 valence electrons. The van der Waals surface area contributed by atoms with E-state index in [1.807, 2.05) is 19.1 Å². The minimum atomic E-state index is -0.376. The van der Waals surface area contributed by atoms with E-state index in [0.29, 0.717) is 5.75 Å². The van der Waals surface area contributed by atoms with Crippen LogP contribution in [0.3, 0.4) is 0 Å². The van der Waals surface area contributed by atoms with Crippen molar-refractivity contribution in [1.29, 1.82) is 0 Å². The number of carbonyl (C=O) groups is 1. The summed E-state index contributed by atoms with van der Waals surface area (Å²) < 4.78 is 7.03. The van der Waals surface area contributed by atoms with Crippen LogP contribution in [0.1, 0.15) is 11.1 Å². The summed E-state index contributed by atoms with van der Waals surface area (Å²) >= 11 is 6.80. The second-order valence-electron chi connectivity index (χ2n) is 4.73. The zero-order valence-electron chi connectivity index (χ0n) is 12.2. The number of aryl methyl sites for hydroxylation is 1. The molecule has 2 N–H and O–H groups in total. The highest BCUT2D eigenvalue weighted by molar-refractivity contribution is 9.11. The van der Waals surface area contributed by atoms with Crippen LogP contribution in [0.25, 0.3) is 0 Å². The fourth-order valence-electron chi connectivity index (χ4n) is 1.73. The molecule has 2 aromatic carbocycles. The molecule has 0 aliphatic rings. The number of aromatic hydroxyl groups is 1. The Morgan fingerprint density at radius 2 is 1.87 bits per heavy atom. The summed E-state index contributed by atoms with van der Waals surface area (Å²) in [5, 5.41) is 13.0. The van der Waals surface area contributed by atoms with Crippen molar-refractivity contribution in [3.8, 4) is 11.5 Å². The second-order valence-corrected chi connectivity index (χ2v) is 6.44. The van der Waals surface area contributed by atoms with Crippen LogP contribution in [0, 0.1) is 6.92 Å². The molecule has 1 amide bonds. The highest BCUT2D eigenvalue weighted by Crippen LogP contribution is 2.34. The van der Waals surface area contributed by atoms with Crippen molar-refractivity contribution in [2.24, 2.45) is 5.10 Å². The van der Waals surface area contributed by atoms with Gasteiger partial charge in [-0.25, -0.2) is 5.43 Å². The summed E-state index contributed by atoms with van der Waals surface area (Å²) in [7, 11) is 0. The van der Waals surface area contributed by atoms with E-state index >= 15 is 0 Å². The smallest absolute Gasteiger partial charge is 0.277 e. The summed E-state index contributed by atoms with van der Waals surface area (Å²) in [6.07, 6.45) is 1.48. The van der Waals surface area contributed by atoms with Gasteiger partial charge in [0.05, 0.1) is 15.2 Å². The van der Waals surface area contributed by atoms with Crippen molar-refractivity contribution in [1.82, 2.24) is 5.43 Å². The first-order valence-corrected chi connectivity index (χ1v) is 8.23. The van der Waals surface area contributed by atoms with E-state index in [9.17, 15) is 9.90 Å². The van der Waals surface area contributed by atoms with E-state index in [-0.39, 0.29) is 18.3 Å². The summed E-state index contributed by atoms with van der Waals surface area (Å²) in [4.78, 5) is 11.7. The Bertz CT molecular complexity index is 708. The highest BCUT2D eigenvalue weighted by Gasteiger charge is 2.09. The lowest BCUT2D eigenvalue weighted by molar-refractivity contribution is -0.123. The van der Waals surface area contributed by atoms with Gasteiger partial charge >= 0.3 is 0 Å². The van der Waals surface area contributed by atoms with Crippen molar-refractivity contribution < 1.29 is 14.6 Å². The fourth-order valence-corrected chi connectivity index (χ4v) is 3.38. The summed E-state index contributed by atoms with van der Waals surface area (Å²) in [6, 6.07) is 10.3. The number of benzene rings is 2. The molecule has 0 atom stereocenters. The Kier molecular flexibility index (Phi) is 6.18. The third-order valence-corrected chi connectivity index (χ3v) is 3.96. The largest absolute Gasteiger partial charge is 0.508 e. The van der Waals surface area contributed by atoms with Crippen molar-refractivity contribution in [2.45, 2.75) is 6.92 Å². The third-order valence-electron chi connectivity index (χ3n) is 2.79. The molecular weight excluding hydrogens is 428 g/mol. The summed E-state index contributed by atoms with van der Waals surface area (Å²) in [5.41, 5.74) is 4.20. The van der Waals surface area contributed by atoms with Gasteiger partial charge in [-0.1, -0.05) is 0 Å². The molecule has 0 aliphatic carbocycles. The zero-order chi connectivity index (χ0) is 16.8. The number of hydrogen-bond donors (Lipinski definition) is 2. The minimum Gasteiger partial charge on any atom is -0.508 e. The lowest BCUT2D eigenvalue weighted by Crippen LogP contribution is -2.24. The summed E-state index contributed by atoms with van der Waals surface area (Å²) in [6.45, 7) is 1.80. The molecule has 23 heavy (non-hydrogen) atoms. The van der Waals surface area contributed by atoms with Crippen LogP contribution in [-0.2, 0) is 4.79 Å². The molecule has 0 saturated heterocycles. The zero-order valence-corrected chi connectivity index (χ0v) is 15.4. The molecule has 2 aromatic rings. The first-order chi connectivity index (χ1) is 11.0. The predicted octanol–water partition coefficient (Wildman–Crippen LogP) is 3.75. The van der Waals surface area contributed by atoms with Crippen LogP contribution in [0.15, 0.2) is 50.4 Å². The Labute approximate surface area is 150 Å². The first kappa shape index (κ1) is 17.5. The molecule has 5 nitrogen and oxygen atoms in total. The van der Waals surface area contributed by atoms with Gasteiger partial charge in [0.1, 0.15) is 11.5 Å². The van der Waals surface area contributed by atoms with Gasteiger partial charge in [0.2, 0.25) is 0 Å². The van der Waals surface area contributed by atoms with Gasteiger partial charge in [0.25, 0.3) is 5.91 Å². The van der Waals surface area contributed by atoms with Crippen LogP contribution >= 0.6 is 31.9 Å². The number of nitrogens with one attached hydrogen (secondary N) is 1. The number of halogens is 2. The van der Waals surface area contributed by atoms with Gasteiger partial charge < -0.3 is 9.84 Å². The van der Waals surface area contributed by atoms with E-state index in [1.54, 1.807) is 24.3 Å². The molecule has 0 bridgehead atoms. The number of phenols is 1. The van der Waals surface area contributed by atoms with Crippen molar-refractivity contribution >= 4 is 44.0 Å². The first-order valence-electron chi connectivity index (χ1n) is 6.65. The topological polar surface area (TPSA) is 70.9 Å². The summed E-state index contributed by atoms with van der Waals surface area (Å²) in [5.74, 6) is 0.363. The lowest BCUT2D eigenvalue weighted by atomic mass is 10.2.